The minimum atomic E-state index is -4.78. The number of aryl methyl sites for hydroxylation is 1. The van der Waals surface area contributed by atoms with E-state index in [9.17, 15) is 18.0 Å². The van der Waals surface area contributed by atoms with Crippen LogP contribution in [0.4, 0.5) is 13.2 Å². The van der Waals surface area contributed by atoms with Crippen LogP contribution >= 0.6 is 0 Å². The summed E-state index contributed by atoms with van der Waals surface area (Å²) in [5.41, 5.74) is 4.91. The molecule has 0 saturated carbocycles. The van der Waals surface area contributed by atoms with Crippen molar-refractivity contribution in [2.45, 2.75) is 19.8 Å². The number of ether oxygens (including phenoxy) is 2. The van der Waals surface area contributed by atoms with Gasteiger partial charge < -0.3 is 19.4 Å². The van der Waals surface area contributed by atoms with Crippen LogP contribution in [0.3, 0.4) is 0 Å². The first-order valence-corrected chi connectivity index (χ1v) is 10.6. The standard InChI is InChI=1S/C25H20F3N3O3/c1-15-29-21-8-4-18(13-22(21)30-15)17-5-9-23-19(12-17)14-31(10-11-33-23)24(32)16-2-6-20(7-3-16)34-25(26,27)28/h2-9,12-13H,10-11,14H2,1H3,(H,29,30). The number of halogens is 3. The lowest BCUT2D eigenvalue weighted by Crippen LogP contribution is -2.32. The molecule has 174 valence electrons. The molecule has 0 unspecified atom stereocenters. The van der Waals surface area contributed by atoms with Gasteiger partial charge in [0.05, 0.1) is 17.6 Å². The smallest absolute Gasteiger partial charge is 0.491 e. The number of carbonyl (C=O) groups is 1. The van der Waals surface area contributed by atoms with Gasteiger partial charge in [-0.05, 0) is 66.6 Å². The normalized spacial score (nSPS) is 13.8. The highest BCUT2D eigenvalue weighted by Gasteiger charge is 2.31. The van der Waals surface area contributed by atoms with Crippen molar-refractivity contribution < 1.29 is 27.4 Å². The second kappa shape index (κ2) is 8.40. The number of fused-ring (bicyclic) bond motifs is 2. The van der Waals surface area contributed by atoms with Crippen molar-refractivity contribution in [3.63, 3.8) is 0 Å². The molecule has 1 aliphatic rings. The third kappa shape index (κ3) is 4.54. The molecule has 1 amide bonds. The number of nitrogens with one attached hydrogen (secondary N) is 1. The Bertz CT molecular complexity index is 1360. The zero-order chi connectivity index (χ0) is 23.9. The van der Waals surface area contributed by atoms with Crippen molar-refractivity contribution in [3.8, 4) is 22.6 Å². The number of alkyl halides is 3. The van der Waals surface area contributed by atoms with Gasteiger partial charge in [-0.1, -0.05) is 12.1 Å². The van der Waals surface area contributed by atoms with Gasteiger partial charge in [-0.3, -0.25) is 4.79 Å². The van der Waals surface area contributed by atoms with Crippen LogP contribution in [0.15, 0.2) is 60.7 Å². The van der Waals surface area contributed by atoms with Gasteiger partial charge in [0.25, 0.3) is 5.91 Å². The Morgan fingerprint density at radius 2 is 1.79 bits per heavy atom. The molecule has 0 radical (unpaired) electrons. The molecule has 0 spiro atoms. The fourth-order valence-corrected chi connectivity index (χ4v) is 4.04. The molecule has 34 heavy (non-hydrogen) atoms. The monoisotopic (exact) mass is 467 g/mol. The van der Waals surface area contributed by atoms with E-state index in [4.69, 9.17) is 4.74 Å². The second-order valence-corrected chi connectivity index (χ2v) is 8.02. The molecule has 0 atom stereocenters. The number of imidazole rings is 1. The molecular weight excluding hydrogens is 447 g/mol. The third-order valence-corrected chi connectivity index (χ3v) is 5.60. The number of amides is 1. The fourth-order valence-electron chi connectivity index (χ4n) is 4.04. The summed E-state index contributed by atoms with van der Waals surface area (Å²) in [6.45, 7) is 2.88. The van der Waals surface area contributed by atoms with Gasteiger partial charge in [-0.15, -0.1) is 13.2 Å². The van der Waals surface area contributed by atoms with Crippen LogP contribution in [-0.2, 0) is 6.54 Å². The Balaban J connectivity index is 1.38. The van der Waals surface area contributed by atoms with Crippen LogP contribution in [0.1, 0.15) is 21.7 Å². The number of hydrogen-bond acceptors (Lipinski definition) is 4. The van der Waals surface area contributed by atoms with Crippen molar-refractivity contribution in [2.24, 2.45) is 0 Å². The number of nitrogens with zero attached hydrogens (tertiary/aromatic N) is 2. The van der Waals surface area contributed by atoms with Crippen molar-refractivity contribution in [1.29, 1.82) is 0 Å². The molecule has 0 bridgehead atoms. The van der Waals surface area contributed by atoms with Crippen molar-refractivity contribution in [2.75, 3.05) is 13.2 Å². The van der Waals surface area contributed by atoms with Crippen LogP contribution in [0.5, 0.6) is 11.5 Å². The summed E-state index contributed by atoms with van der Waals surface area (Å²) in [6.07, 6.45) is -4.78. The molecule has 5 rings (SSSR count). The maximum atomic E-state index is 13.1. The fraction of sp³-hybridized carbons (Fsp3) is 0.200. The van der Waals surface area contributed by atoms with E-state index in [1.54, 1.807) is 4.90 Å². The van der Waals surface area contributed by atoms with Crippen molar-refractivity contribution in [3.05, 3.63) is 77.6 Å². The van der Waals surface area contributed by atoms with E-state index in [0.29, 0.717) is 25.4 Å². The minimum Gasteiger partial charge on any atom is -0.491 e. The topological polar surface area (TPSA) is 67.5 Å². The summed E-state index contributed by atoms with van der Waals surface area (Å²) in [4.78, 5) is 22.4. The van der Waals surface area contributed by atoms with Crippen LogP contribution in [0.2, 0.25) is 0 Å². The van der Waals surface area contributed by atoms with Gasteiger partial charge >= 0.3 is 6.36 Å². The molecule has 1 aliphatic heterocycles. The maximum absolute atomic E-state index is 13.1. The molecule has 0 aliphatic carbocycles. The van der Waals surface area contributed by atoms with E-state index < -0.39 is 6.36 Å². The first kappa shape index (κ1) is 21.8. The lowest BCUT2D eigenvalue weighted by molar-refractivity contribution is -0.274. The first-order chi connectivity index (χ1) is 16.2. The second-order valence-electron chi connectivity index (χ2n) is 8.02. The van der Waals surface area contributed by atoms with Crippen LogP contribution in [0.25, 0.3) is 22.2 Å². The van der Waals surface area contributed by atoms with E-state index in [-0.39, 0.29) is 17.2 Å². The van der Waals surface area contributed by atoms with E-state index >= 15 is 0 Å². The van der Waals surface area contributed by atoms with Crippen LogP contribution < -0.4 is 9.47 Å². The molecule has 9 heteroatoms. The molecule has 1 N–H and O–H groups in total. The van der Waals surface area contributed by atoms with Gasteiger partial charge in [0.2, 0.25) is 0 Å². The number of aromatic amines is 1. The Morgan fingerprint density at radius 1 is 1.06 bits per heavy atom. The Labute approximate surface area is 192 Å². The molecule has 2 heterocycles. The Kier molecular flexibility index (Phi) is 5.39. The van der Waals surface area contributed by atoms with E-state index in [1.807, 2.05) is 43.3 Å². The van der Waals surface area contributed by atoms with E-state index in [2.05, 4.69) is 14.7 Å². The summed E-state index contributed by atoms with van der Waals surface area (Å²) < 4.78 is 46.9. The number of hydrogen-bond donors (Lipinski definition) is 1. The number of carbonyl (C=O) groups excluding carboxylic acids is 1. The summed E-state index contributed by atoms with van der Waals surface area (Å²) in [6, 6.07) is 16.8. The zero-order valence-corrected chi connectivity index (χ0v) is 18.1. The van der Waals surface area contributed by atoms with E-state index in [0.717, 1.165) is 45.7 Å². The van der Waals surface area contributed by atoms with Crippen molar-refractivity contribution in [1.82, 2.24) is 14.9 Å². The molecule has 0 saturated heterocycles. The highest BCUT2D eigenvalue weighted by Crippen LogP contribution is 2.31. The molecule has 4 aromatic rings. The maximum Gasteiger partial charge on any atom is 0.573 e. The van der Waals surface area contributed by atoms with Crippen LogP contribution in [0, 0.1) is 6.92 Å². The average molecular weight is 467 g/mol. The molecular formula is C25H20F3N3O3. The number of aromatic nitrogens is 2. The molecule has 6 nitrogen and oxygen atoms in total. The predicted octanol–water partition coefficient (Wildman–Crippen LogP) is 5.47. The van der Waals surface area contributed by atoms with Crippen LogP contribution in [-0.4, -0.2) is 40.3 Å². The SMILES string of the molecule is Cc1nc2cc(-c3ccc4c(c3)CN(C(=O)c3ccc(OC(F)(F)F)cc3)CCO4)ccc2[nH]1. The van der Waals surface area contributed by atoms with Gasteiger partial charge in [0, 0.05) is 17.7 Å². The molecule has 3 aromatic carbocycles. The van der Waals surface area contributed by atoms with E-state index in [1.165, 1.54) is 12.1 Å². The quantitative estimate of drug-likeness (QED) is 0.434. The number of benzene rings is 3. The summed E-state index contributed by atoms with van der Waals surface area (Å²) >= 11 is 0. The summed E-state index contributed by atoms with van der Waals surface area (Å²) in [5, 5.41) is 0. The van der Waals surface area contributed by atoms with Crippen molar-refractivity contribution >= 4 is 16.9 Å². The highest BCUT2D eigenvalue weighted by molar-refractivity contribution is 5.94. The Morgan fingerprint density at radius 3 is 2.56 bits per heavy atom. The molecule has 1 aromatic heterocycles. The van der Waals surface area contributed by atoms with Gasteiger partial charge in [0.15, 0.2) is 0 Å². The molecule has 0 fully saturated rings. The highest BCUT2D eigenvalue weighted by atomic mass is 19.4. The van der Waals surface area contributed by atoms with Gasteiger partial charge in [0.1, 0.15) is 23.9 Å². The van der Waals surface area contributed by atoms with Gasteiger partial charge in [-0.25, -0.2) is 4.98 Å². The summed E-state index contributed by atoms with van der Waals surface area (Å²) in [5.74, 6) is 0.871. The van der Waals surface area contributed by atoms with Gasteiger partial charge in [-0.2, -0.15) is 0 Å². The number of rotatable bonds is 3. The lowest BCUT2D eigenvalue weighted by Gasteiger charge is -2.20. The first-order valence-electron chi connectivity index (χ1n) is 10.6. The third-order valence-electron chi connectivity index (χ3n) is 5.60. The number of H-pyrrole nitrogens is 1. The zero-order valence-electron chi connectivity index (χ0n) is 18.1. The summed E-state index contributed by atoms with van der Waals surface area (Å²) in [7, 11) is 0. The lowest BCUT2D eigenvalue weighted by atomic mass is 10.0. The largest absolute Gasteiger partial charge is 0.573 e. The predicted molar refractivity (Wildman–Crippen MR) is 120 cm³/mol. The minimum absolute atomic E-state index is 0.272. The Hall–Kier alpha value is -4.01. The average Bonchev–Trinajstić information content (AvgIpc) is 3.03.